The van der Waals surface area contributed by atoms with Gasteiger partial charge in [-0.3, -0.25) is 0 Å². The van der Waals surface area contributed by atoms with Crippen molar-refractivity contribution in [2.45, 2.75) is 38.6 Å². The molecule has 2 rings (SSSR count). The van der Waals surface area contributed by atoms with Crippen LogP contribution in [0.1, 0.15) is 43.5 Å². The summed E-state index contributed by atoms with van der Waals surface area (Å²) in [5, 5.41) is 4.23. The molecule has 0 bridgehead atoms. The molecule has 0 fully saturated rings. The Morgan fingerprint density at radius 2 is 2.20 bits per heavy atom. The van der Waals surface area contributed by atoms with E-state index >= 15 is 0 Å². The van der Waals surface area contributed by atoms with Crippen molar-refractivity contribution in [1.82, 2.24) is 10.1 Å². The zero-order valence-electron chi connectivity index (χ0n) is 11.4. The summed E-state index contributed by atoms with van der Waals surface area (Å²) in [6.45, 7) is 3.90. The Balaban J connectivity index is 2.22. The molecule has 1 aromatic carbocycles. The van der Waals surface area contributed by atoms with Crippen LogP contribution < -0.4 is 5.73 Å². The van der Waals surface area contributed by atoms with Crippen LogP contribution in [-0.2, 0) is 6.42 Å². The molecule has 2 atom stereocenters. The first kappa shape index (κ1) is 14.9. The minimum Gasteiger partial charge on any atom is -0.339 e. The summed E-state index contributed by atoms with van der Waals surface area (Å²) in [7, 11) is 0. The number of aromatic nitrogens is 2. The summed E-state index contributed by atoms with van der Waals surface area (Å²) in [5.41, 5.74) is 6.25. The van der Waals surface area contributed by atoms with Crippen molar-refractivity contribution in [2.75, 3.05) is 0 Å². The summed E-state index contributed by atoms with van der Waals surface area (Å²) < 4.78 is 18.9. The van der Waals surface area contributed by atoms with Crippen LogP contribution in [0.25, 0.3) is 0 Å². The van der Waals surface area contributed by atoms with E-state index in [0.717, 1.165) is 6.42 Å². The second kappa shape index (κ2) is 6.33. The summed E-state index contributed by atoms with van der Waals surface area (Å²) in [5.74, 6) is 0.534. The average Bonchev–Trinajstić information content (AvgIpc) is 2.83. The molecule has 4 nitrogen and oxygen atoms in total. The van der Waals surface area contributed by atoms with Crippen LogP contribution in [0, 0.1) is 5.82 Å². The Labute approximate surface area is 122 Å². The maximum atomic E-state index is 13.7. The van der Waals surface area contributed by atoms with Gasteiger partial charge in [-0.1, -0.05) is 29.7 Å². The van der Waals surface area contributed by atoms with Crippen molar-refractivity contribution in [3.63, 3.8) is 0 Å². The molecule has 20 heavy (non-hydrogen) atoms. The zero-order chi connectivity index (χ0) is 14.7. The number of rotatable bonds is 5. The number of nitrogens with two attached hydrogens (primary N) is 1. The molecule has 0 saturated heterocycles. The van der Waals surface area contributed by atoms with Gasteiger partial charge in [0.05, 0.1) is 5.92 Å². The van der Waals surface area contributed by atoms with Crippen molar-refractivity contribution in [3.05, 3.63) is 46.3 Å². The Bertz CT molecular complexity index is 565. The highest BCUT2D eigenvalue weighted by Gasteiger charge is 2.21. The number of hydrogen-bond acceptors (Lipinski definition) is 4. The van der Waals surface area contributed by atoms with Crippen molar-refractivity contribution >= 4 is 11.6 Å². The topological polar surface area (TPSA) is 64.9 Å². The molecular weight excluding hydrogens is 281 g/mol. The molecular formula is C14H17ClFN3O. The Hall–Kier alpha value is -1.46. The first-order valence-corrected chi connectivity index (χ1v) is 6.91. The van der Waals surface area contributed by atoms with Gasteiger partial charge in [0.25, 0.3) is 0 Å². The molecule has 2 aromatic rings. The minimum atomic E-state index is -0.372. The SMILES string of the molecule is CCC(c1nc(Cc2c(F)cccc2Cl)no1)C(C)N. The monoisotopic (exact) mass is 297 g/mol. The smallest absolute Gasteiger partial charge is 0.231 e. The average molecular weight is 298 g/mol. The second-order valence-electron chi connectivity index (χ2n) is 4.80. The van der Waals surface area contributed by atoms with Crippen LogP contribution in [0.2, 0.25) is 5.02 Å². The third-order valence-electron chi connectivity index (χ3n) is 3.27. The number of hydrogen-bond donors (Lipinski definition) is 1. The summed E-state index contributed by atoms with van der Waals surface area (Å²) in [6.07, 6.45) is 1.00. The number of halogens is 2. The van der Waals surface area contributed by atoms with E-state index in [1.807, 2.05) is 13.8 Å². The lowest BCUT2D eigenvalue weighted by Crippen LogP contribution is -2.24. The molecule has 0 spiro atoms. The largest absolute Gasteiger partial charge is 0.339 e. The molecule has 6 heteroatoms. The minimum absolute atomic E-state index is 0.00680. The van der Waals surface area contributed by atoms with Crippen molar-refractivity contribution in [3.8, 4) is 0 Å². The van der Waals surface area contributed by atoms with E-state index < -0.39 is 0 Å². The van der Waals surface area contributed by atoms with Gasteiger partial charge in [-0.2, -0.15) is 4.98 Å². The van der Waals surface area contributed by atoms with Gasteiger partial charge in [-0.15, -0.1) is 0 Å². The summed E-state index contributed by atoms with van der Waals surface area (Å²) in [6, 6.07) is 4.48. The zero-order valence-corrected chi connectivity index (χ0v) is 12.2. The quantitative estimate of drug-likeness (QED) is 0.919. The van der Waals surface area contributed by atoms with E-state index in [-0.39, 0.29) is 24.2 Å². The van der Waals surface area contributed by atoms with E-state index in [1.165, 1.54) is 6.07 Å². The lowest BCUT2D eigenvalue weighted by atomic mass is 9.99. The standard InChI is InChI=1S/C14H17ClFN3O/c1-3-9(8(2)17)14-18-13(19-20-14)7-10-11(15)5-4-6-12(10)16/h4-6,8-9H,3,7,17H2,1-2H3. The van der Waals surface area contributed by atoms with Gasteiger partial charge in [0.15, 0.2) is 5.82 Å². The Morgan fingerprint density at radius 1 is 1.45 bits per heavy atom. The fraction of sp³-hybridized carbons (Fsp3) is 0.429. The van der Waals surface area contributed by atoms with Crippen molar-refractivity contribution in [1.29, 1.82) is 0 Å². The van der Waals surface area contributed by atoms with Gasteiger partial charge in [-0.05, 0) is 25.5 Å². The van der Waals surface area contributed by atoms with Crippen LogP contribution in [0.3, 0.4) is 0 Å². The highest BCUT2D eigenvalue weighted by atomic mass is 35.5. The van der Waals surface area contributed by atoms with Gasteiger partial charge < -0.3 is 10.3 Å². The van der Waals surface area contributed by atoms with Gasteiger partial charge in [-0.25, -0.2) is 4.39 Å². The highest BCUT2D eigenvalue weighted by Crippen LogP contribution is 2.24. The van der Waals surface area contributed by atoms with E-state index in [0.29, 0.717) is 22.3 Å². The van der Waals surface area contributed by atoms with Crippen LogP contribution in [0.15, 0.2) is 22.7 Å². The van der Waals surface area contributed by atoms with Gasteiger partial charge in [0, 0.05) is 23.0 Å². The second-order valence-corrected chi connectivity index (χ2v) is 5.21. The first-order chi connectivity index (χ1) is 9.52. The molecule has 0 aliphatic carbocycles. The lowest BCUT2D eigenvalue weighted by molar-refractivity contribution is 0.331. The summed E-state index contributed by atoms with van der Waals surface area (Å²) in [4.78, 5) is 4.30. The molecule has 0 amide bonds. The predicted molar refractivity (Wildman–Crippen MR) is 75.2 cm³/mol. The molecule has 1 heterocycles. The number of benzene rings is 1. The normalized spacial score (nSPS) is 14.2. The van der Waals surface area contributed by atoms with Gasteiger partial charge in [0.2, 0.25) is 5.89 Å². The van der Waals surface area contributed by atoms with E-state index in [9.17, 15) is 4.39 Å². The van der Waals surface area contributed by atoms with E-state index in [4.69, 9.17) is 21.9 Å². The maximum absolute atomic E-state index is 13.7. The maximum Gasteiger partial charge on any atom is 0.231 e. The predicted octanol–water partition coefficient (Wildman–Crippen LogP) is 3.29. The number of nitrogens with zero attached hydrogens (tertiary/aromatic N) is 2. The fourth-order valence-electron chi connectivity index (χ4n) is 2.12. The molecule has 2 N–H and O–H groups in total. The van der Waals surface area contributed by atoms with E-state index in [2.05, 4.69) is 10.1 Å². The third-order valence-corrected chi connectivity index (χ3v) is 3.63. The van der Waals surface area contributed by atoms with Crippen LogP contribution in [0.4, 0.5) is 4.39 Å². The Kier molecular flexibility index (Phi) is 4.73. The molecule has 2 unspecified atom stereocenters. The first-order valence-electron chi connectivity index (χ1n) is 6.53. The van der Waals surface area contributed by atoms with Crippen LogP contribution in [0.5, 0.6) is 0 Å². The van der Waals surface area contributed by atoms with Crippen molar-refractivity contribution in [2.24, 2.45) is 5.73 Å². The fourth-order valence-corrected chi connectivity index (χ4v) is 2.35. The third kappa shape index (κ3) is 3.16. The molecule has 0 saturated carbocycles. The molecule has 108 valence electrons. The highest BCUT2D eigenvalue weighted by molar-refractivity contribution is 6.31. The molecule has 0 aliphatic heterocycles. The molecule has 0 radical (unpaired) electrons. The van der Waals surface area contributed by atoms with E-state index in [1.54, 1.807) is 12.1 Å². The molecule has 1 aromatic heterocycles. The van der Waals surface area contributed by atoms with Gasteiger partial charge >= 0.3 is 0 Å². The van der Waals surface area contributed by atoms with Gasteiger partial charge in [0.1, 0.15) is 5.82 Å². The molecule has 0 aliphatic rings. The Morgan fingerprint density at radius 3 is 2.80 bits per heavy atom. The summed E-state index contributed by atoms with van der Waals surface area (Å²) >= 11 is 5.98. The van der Waals surface area contributed by atoms with Crippen LogP contribution in [-0.4, -0.2) is 16.2 Å². The van der Waals surface area contributed by atoms with Crippen molar-refractivity contribution < 1.29 is 8.91 Å². The van der Waals surface area contributed by atoms with Crippen LogP contribution >= 0.6 is 11.6 Å². The lowest BCUT2D eigenvalue weighted by Gasteiger charge is -2.13.